The van der Waals surface area contributed by atoms with Crippen LogP contribution in [0.1, 0.15) is 0 Å². The summed E-state index contributed by atoms with van der Waals surface area (Å²) in [7, 11) is 0. The van der Waals surface area contributed by atoms with Gasteiger partial charge in [-0.15, -0.1) is 0 Å². The minimum absolute atomic E-state index is 0.646. The van der Waals surface area contributed by atoms with Crippen LogP contribution < -0.4 is 0 Å². The molecule has 0 aromatic carbocycles. The van der Waals surface area contributed by atoms with Crippen LogP contribution in [0.2, 0.25) is 0 Å². The zero-order valence-electron chi connectivity index (χ0n) is 7.32. The van der Waals surface area contributed by atoms with E-state index < -0.39 is 43.4 Å². The highest BCUT2D eigenvalue weighted by Gasteiger charge is 2.52. The number of rotatable bonds is 2. The van der Waals surface area contributed by atoms with Gasteiger partial charge in [0.05, 0.1) is 13.2 Å². The predicted octanol–water partition coefficient (Wildman–Crippen LogP) is -3.86. The van der Waals surface area contributed by atoms with Gasteiger partial charge in [0.1, 0.15) is 24.4 Å². The van der Waals surface area contributed by atoms with Crippen molar-refractivity contribution in [2.75, 3.05) is 13.2 Å². The summed E-state index contributed by atoms with van der Waals surface area (Å²) in [5.74, 6) is -2.36. The molecule has 0 bridgehead atoms. The average Bonchev–Trinajstić information content (AvgIpc) is 2.20. The molecule has 7 heteroatoms. The summed E-state index contributed by atoms with van der Waals surface area (Å²) in [5, 5.41) is 54.6. The van der Waals surface area contributed by atoms with Crippen molar-refractivity contribution < 1.29 is 35.4 Å². The lowest BCUT2D eigenvalue weighted by Gasteiger charge is -2.44. The first-order valence-corrected chi connectivity index (χ1v) is 4.12. The Bertz CT molecular complexity index is 196. The third-order valence-corrected chi connectivity index (χ3v) is 2.28. The van der Waals surface area contributed by atoms with Gasteiger partial charge in [-0.25, -0.2) is 0 Å². The molecule has 0 saturated carbocycles. The largest absolute Gasteiger partial charge is 0.394 e. The summed E-state index contributed by atoms with van der Waals surface area (Å²) in [6.45, 7) is -1.60. The Morgan fingerprint density at radius 2 is 1.64 bits per heavy atom. The van der Waals surface area contributed by atoms with Gasteiger partial charge in [0.2, 0.25) is 5.79 Å². The Balaban J connectivity index is 2.84. The summed E-state index contributed by atoms with van der Waals surface area (Å²) in [6.07, 6.45) is -6.27. The second-order valence-corrected chi connectivity index (χ2v) is 3.27. The van der Waals surface area contributed by atoms with Gasteiger partial charge in [-0.2, -0.15) is 0 Å². The van der Waals surface area contributed by atoms with Gasteiger partial charge in [0, 0.05) is 0 Å². The SMILES string of the molecule is OCC1OC(O)(CO)C(O)[C@H](O)[C@@H]1O. The summed E-state index contributed by atoms with van der Waals surface area (Å²) in [4.78, 5) is 0. The van der Waals surface area contributed by atoms with Crippen LogP contribution in [-0.2, 0) is 4.74 Å². The van der Waals surface area contributed by atoms with E-state index in [9.17, 15) is 20.4 Å². The van der Waals surface area contributed by atoms with Crippen molar-refractivity contribution in [2.45, 2.75) is 30.2 Å². The maximum Gasteiger partial charge on any atom is 0.219 e. The molecule has 5 atom stereocenters. The highest BCUT2D eigenvalue weighted by atomic mass is 16.7. The molecule has 6 N–H and O–H groups in total. The lowest BCUT2D eigenvalue weighted by molar-refractivity contribution is -0.357. The number of ether oxygens (including phenoxy) is 1. The topological polar surface area (TPSA) is 131 Å². The van der Waals surface area contributed by atoms with Crippen LogP contribution in [-0.4, -0.2) is 74.1 Å². The van der Waals surface area contributed by atoms with Gasteiger partial charge in [0.15, 0.2) is 0 Å². The van der Waals surface area contributed by atoms with E-state index in [1.165, 1.54) is 0 Å². The first-order valence-electron chi connectivity index (χ1n) is 4.12. The molecule has 0 amide bonds. The Morgan fingerprint density at radius 3 is 2.07 bits per heavy atom. The van der Waals surface area contributed by atoms with E-state index in [2.05, 4.69) is 4.74 Å². The van der Waals surface area contributed by atoms with Crippen LogP contribution in [0.3, 0.4) is 0 Å². The number of aliphatic hydroxyl groups excluding tert-OH is 5. The van der Waals surface area contributed by atoms with Crippen LogP contribution in [0.25, 0.3) is 0 Å². The van der Waals surface area contributed by atoms with Crippen molar-refractivity contribution in [2.24, 2.45) is 0 Å². The molecule has 0 aromatic heterocycles. The molecule has 0 radical (unpaired) electrons. The van der Waals surface area contributed by atoms with Crippen LogP contribution in [0.5, 0.6) is 0 Å². The summed E-state index contributed by atoms with van der Waals surface area (Å²) in [6, 6.07) is 0. The lowest BCUT2D eigenvalue weighted by atomic mass is 9.93. The molecular weight excluding hydrogens is 196 g/mol. The molecule has 1 saturated heterocycles. The van der Waals surface area contributed by atoms with Crippen molar-refractivity contribution in [3.8, 4) is 0 Å². The predicted molar refractivity (Wildman–Crippen MR) is 42.0 cm³/mol. The molecular formula is C7H14O7. The van der Waals surface area contributed by atoms with Gasteiger partial charge >= 0.3 is 0 Å². The Labute approximate surface area is 79.8 Å². The standard InChI is InChI=1S/C7H14O7/c8-1-3-4(10)5(11)6(12)7(13,2-9)14-3/h3-6,8-13H,1-2H2/t3?,4-,5-,6?,7?/m1/s1. The minimum atomic E-state index is -2.36. The van der Waals surface area contributed by atoms with E-state index in [1.54, 1.807) is 0 Å². The first-order chi connectivity index (χ1) is 6.46. The van der Waals surface area contributed by atoms with Crippen molar-refractivity contribution in [3.05, 3.63) is 0 Å². The van der Waals surface area contributed by atoms with Crippen molar-refractivity contribution >= 4 is 0 Å². The summed E-state index contributed by atoms with van der Waals surface area (Å²) >= 11 is 0. The molecule has 1 aliphatic heterocycles. The molecule has 84 valence electrons. The molecule has 0 aliphatic carbocycles. The zero-order chi connectivity index (χ0) is 10.9. The van der Waals surface area contributed by atoms with Gasteiger partial charge in [0.25, 0.3) is 0 Å². The Morgan fingerprint density at radius 1 is 1.07 bits per heavy atom. The third kappa shape index (κ3) is 1.75. The Hall–Kier alpha value is -0.280. The molecule has 3 unspecified atom stereocenters. The Kier molecular flexibility index (Phi) is 3.43. The molecule has 0 aromatic rings. The van der Waals surface area contributed by atoms with Crippen LogP contribution >= 0.6 is 0 Å². The fourth-order valence-corrected chi connectivity index (χ4v) is 1.35. The molecule has 1 aliphatic rings. The molecule has 7 nitrogen and oxygen atoms in total. The van der Waals surface area contributed by atoms with Gasteiger partial charge in [-0.05, 0) is 0 Å². The highest BCUT2D eigenvalue weighted by molar-refractivity contribution is 4.95. The number of aliphatic hydroxyl groups is 6. The van der Waals surface area contributed by atoms with Gasteiger partial charge in [-0.1, -0.05) is 0 Å². The number of hydrogen-bond acceptors (Lipinski definition) is 7. The van der Waals surface area contributed by atoms with Crippen LogP contribution in [0.15, 0.2) is 0 Å². The quantitative estimate of drug-likeness (QED) is 0.275. The van der Waals surface area contributed by atoms with E-state index in [1.807, 2.05) is 0 Å². The average molecular weight is 210 g/mol. The van der Waals surface area contributed by atoms with Crippen molar-refractivity contribution in [1.29, 1.82) is 0 Å². The van der Waals surface area contributed by atoms with Gasteiger partial charge < -0.3 is 35.4 Å². The molecule has 0 spiro atoms. The van der Waals surface area contributed by atoms with Crippen LogP contribution in [0, 0.1) is 0 Å². The maximum absolute atomic E-state index is 9.43. The minimum Gasteiger partial charge on any atom is -0.394 e. The third-order valence-electron chi connectivity index (χ3n) is 2.28. The highest BCUT2D eigenvalue weighted by Crippen LogP contribution is 2.27. The van der Waals surface area contributed by atoms with E-state index in [-0.39, 0.29) is 0 Å². The zero-order valence-corrected chi connectivity index (χ0v) is 7.32. The van der Waals surface area contributed by atoms with Crippen molar-refractivity contribution in [3.63, 3.8) is 0 Å². The van der Waals surface area contributed by atoms with E-state index in [0.29, 0.717) is 0 Å². The van der Waals surface area contributed by atoms with E-state index >= 15 is 0 Å². The van der Waals surface area contributed by atoms with Crippen LogP contribution in [0.4, 0.5) is 0 Å². The fraction of sp³-hybridized carbons (Fsp3) is 1.00. The second kappa shape index (κ2) is 4.07. The second-order valence-electron chi connectivity index (χ2n) is 3.27. The molecule has 1 fully saturated rings. The molecule has 14 heavy (non-hydrogen) atoms. The first kappa shape index (κ1) is 11.8. The van der Waals surface area contributed by atoms with E-state index in [4.69, 9.17) is 10.2 Å². The van der Waals surface area contributed by atoms with Crippen molar-refractivity contribution in [1.82, 2.24) is 0 Å². The normalized spacial score (nSPS) is 49.3. The number of hydrogen-bond donors (Lipinski definition) is 6. The summed E-state index contributed by atoms with van der Waals surface area (Å²) in [5.41, 5.74) is 0. The smallest absolute Gasteiger partial charge is 0.219 e. The van der Waals surface area contributed by atoms with Gasteiger partial charge in [-0.3, -0.25) is 0 Å². The fourth-order valence-electron chi connectivity index (χ4n) is 1.35. The maximum atomic E-state index is 9.43. The summed E-state index contributed by atoms with van der Waals surface area (Å²) < 4.78 is 4.66. The molecule has 1 rings (SSSR count). The monoisotopic (exact) mass is 210 g/mol. The molecule has 1 heterocycles. The lowest BCUT2D eigenvalue weighted by Crippen LogP contribution is -2.66. The van der Waals surface area contributed by atoms with E-state index in [0.717, 1.165) is 0 Å².